The van der Waals surface area contributed by atoms with Gasteiger partial charge in [-0.3, -0.25) is 0 Å². The second-order valence-corrected chi connectivity index (χ2v) is 4.91. The molecule has 0 fully saturated rings. The Kier molecular flexibility index (Phi) is 6.52. The highest BCUT2D eigenvalue weighted by Crippen LogP contribution is 2.30. The summed E-state index contributed by atoms with van der Waals surface area (Å²) in [7, 11) is 0. The zero-order chi connectivity index (χ0) is 15.2. The van der Waals surface area contributed by atoms with Crippen molar-refractivity contribution in [3.63, 3.8) is 0 Å². The predicted molar refractivity (Wildman–Crippen MR) is 74.1 cm³/mol. The van der Waals surface area contributed by atoms with Crippen molar-refractivity contribution in [2.45, 2.75) is 45.7 Å². The van der Waals surface area contributed by atoms with E-state index in [2.05, 4.69) is 9.97 Å². The van der Waals surface area contributed by atoms with E-state index in [9.17, 15) is 13.2 Å². The molecule has 0 aromatic carbocycles. The van der Waals surface area contributed by atoms with Gasteiger partial charge in [0.15, 0.2) is 5.69 Å². The van der Waals surface area contributed by atoms with Crippen LogP contribution in [0.3, 0.4) is 0 Å². The van der Waals surface area contributed by atoms with Crippen LogP contribution in [0.2, 0.25) is 5.28 Å². The van der Waals surface area contributed by atoms with E-state index in [1.165, 1.54) is 0 Å². The molecule has 0 aliphatic heterocycles. The number of anilines is 1. The maximum atomic E-state index is 12.7. The van der Waals surface area contributed by atoms with Gasteiger partial charge in [-0.1, -0.05) is 26.7 Å². The zero-order valence-electron chi connectivity index (χ0n) is 11.7. The highest BCUT2D eigenvalue weighted by molar-refractivity contribution is 6.28. The third-order valence-electron chi connectivity index (χ3n) is 2.86. The van der Waals surface area contributed by atoms with Crippen LogP contribution in [0, 0.1) is 0 Å². The summed E-state index contributed by atoms with van der Waals surface area (Å²) in [5.74, 6) is 0.249. The predicted octanol–water partition coefficient (Wildman–Crippen LogP) is 4.56. The molecule has 0 unspecified atom stereocenters. The van der Waals surface area contributed by atoms with Crippen molar-refractivity contribution >= 4 is 17.4 Å². The summed E-state index contributed by atoms with van der Waals surface area (Å²) in [6.45, 7) is 5.40. The van der Waals surface area contributed by atoms with Crippen LogP contribution < -0.4 is 4.90 Å². The number of rotatable bonds is 7. The van der Waals surface area contributed by atoms with Gasteiger partial charge in [0.2, 0.25) is 5.28 Å². The van der Waals surface area contributed by atoms with Gasteiger partial charge in [0, 0.05) is 19.2 Å². The number of hydrogen-bond donors (Lipinski definition) is 0. The molecule has 0 aliphatic carbocycles. The van der Waals surface area contributed by atoms with Crippen molar-refractivity contribution in [1.29, 1.82) is 0 Å². The first-order valence-corrected chi connectivity index (χ1v) is 7.13. The summed E-state index contributed by atoms with van der Waals surface area (Å²) in [5, 5.41) is -0.368. The maximum Gasteiger partial charge on any atom is 0.433 e. The SMILES string of the molecule is CCCCN(CCCC)c1cc(C(F)(F)F)nc(Cl)n1. The Morgan fingerprint density at radius 2 is 1.65 bits per heavy atom. The molecule has 1 aromatic heterocycles. The van der Waals surface area contributed by atoms with Gasteiger partial charge in [0.25, 0.3) is 0 Å². The molecule has 0 saturated heterocycles. The Labute approximate surface area is 122 Å². The van der Waals surface area contributed by atoms with Crippen LogP contribution >= 0.6 is 11.6 Å². The number of unbranched alkanes of at least 4 members (excludes halogenated alkanes) is 2. The summed E-state index contributed by atoms with van der Waals surface area (Å²) in [5.41, 5.74) is -0.995. The topological polar surface area (TPSA) is 29.0 Å². The minimum atomic E-state index is -4.51. The van der Waals surface area contributed by atoms with Gasteiger partial charge in [-0.15, -0.1) is 0 Å². The number of aromatic nitrogens is 2. The Morgan fingerprint density at radius 1 is 1.10 bits per heavy atom. The van der Waals surface area contributed by atoms with Crippen molar-refractivity contribution in [2.24, 2.45) is 0 Å². The molecule has 20 heavy (non-hydrogen) atoms. The lowest BCUT2D eigenvalue weighted by Gasteiger charge is -2.24. The minimum absolute atomic E-state index is 0.249. The monoisotopic (exact) mass is 309 g/mol. The van der Waals surface area contributed by atoms with Gasteiger partial charge < -0.3 is 4.90 Å². The summed E-state index contributed by atoms with van der Waals surface area (Å²) in [6.07, 6.45) is -0.789. The van der Waals surface area contributed by atoms with E-state index in [1.54, 1.807) is 0 Å². The fraction of sp³-hybridized carbons (Fsp3) is 0.692. The van der Waals surface area contributed by atoms with Crippen molar-refractivity contribution in [2.75, 3.05) is 18.0 Å². The average Bonchev–Trinajstić information content (AvgIpc) is 2.37. The van der Waals surface area contributed by atoms with E-state index in [0.717, 1.165) is 31.7 Å². The first-order chi connectivity index (χ1) is 9.38. The van der Waals surface area contributed by atoms with Crippen molar-refractivity contribution in [3.05, 3.63) is 17.0 Å². The highest BCUT2D eigenvalue weighted by atomic mass is 35.5. The summed E-state index contributed by atoms with van der Waals surface area (Å²) in [6, 6.07) is 0.969. The van der Waals surface area contributed by atoms with Crippen molar-refractivity contribution in [3.8, 4) is 0 Å². The normalized spacial score (nSPS) is 11.7. The third kappa shape index (κ3) is 5.15. The largest absolute Gasteiger partial charge is 0.433 e. The van der Waals surface area contributed by atoms with Crippen LogP contribution in [-0.4, -0.2) is 23.1 Å². The summed E-state index contributed by atoms with van der Waals surface area (Å²) in [4.78, 5) is 9.03. The smallest absolute Gasteiger partial charge is 0.356 e. The number of nitrogens with zero attached hydrogens (tertiary/aromatic N) is 3. The second-order valence-electron chi connectivity index (χ2n) is 4.57. The van der Waals surface area contributed by atoms with Gasteiger partial charge in [0.05, 0.1) is 0 Å². The molecule has 3 nitrogen and oxygen atoms in total. The lowest BCUT2D eigenvalue weighted by Crippen LogP contribution is -2.27. The van der Waals surface area contributed by atoms with E-state index in [4.69, 9.17) is 11.6 Å². The number of hydrogen-bond acceptors (Lipinski definition) is 3. The molecule has 0 amide bonds. The molecule has 1 heterocycles. The van der Waals surface area contributed by atoms with E-state index in [1.807, 2.05) is 18.7 Å². The Morgan fingerprint density at radius 3 is 2.10 bits per heavy atom. The Hall–Kier alpha value is -1.04. The van der Waals surface area contributed by atoms with Crippen LogP contribution in [0.25, 0.3) is 0 Å². The number of alkyl halides is 3. The lowest BCUT2D eigenvalue weighted by atomic mass is 10.2. The molecule has 1 aromatic rings. The van der Waals surface area contributed by atoms with Crippen molar-refractivity contribution < 1.29 is 13.2 Å². The molecular formula is C13H19ClF3N3. The highest BCUT2D eigenvalue weighted by Gasteiger charge is 2.34. The maximum absolute atomic E-state index is 12.7. The molecule has 0 N–H and O–H groups in total. The van der Waals surface area contributed by atoms with Crippen LogP contribution in [0.15, 0.2) is 6.07 Å². The van der Waals surface area contributed by atoms with E-state index in [-0.39, 0.29) is 11.1 Å². The first kappa shape index (κ1) is 17.0. The van der Waals surface area contributed by atoms with Crippen LogP contribution in [0.1, 0.15) is 45.2 Å². The molecule has 114 valence electrons. The van der Waals surface area contributed by atoms with Crippen LogP contribution in [0.5, 0.6) is 0 Å². The van der Waals surface area contributed by atoms with Gasteiger partial charge in [-0.2, -0.15) is 13.2 Å². The van der Waals surface area contributed by atoms with E-state index >= 15 is 0 Å². The number of halogens is 4. The molecule has 0 saturated carbocycles. The first-order valence-electron chi connectivity index (χ1n) is 6.75. The standard InChI is InChI=1S/C13H19ClF3N3/c1-3-5-7-20(8-6-4-2)11-9-10(13(15,16)17)18-12(14)19-11/h9H,3-8H2,1-2H3. The lowest BCUT2D eigenvalue weighted by molar-refractivity contribution is -0.141. The van der Waals surface area contributed by atoms with Gasteiger partial charge >= 0.3 is 6.18 Å². The average molecular weight is 310 g/mol. The fourth-order valence-corrected chi connectivity index (χ4v) is 1.93. The van der Waals surface area contributed by atoms with Gasteiger partial charge in [-0.25, -0.2) is 9.97 Å². The molecule has 0 radical (unpaired) electrons. The quantitative estimate of drug-likeness (QED) is 0.692. The molecule has 0 aliphatic rings. The Bertz CT molecular complexity index is 416. The van der Waals surface area contributed by atoms with Gasteiger partial charge in [-0.05, 0) is 24.4 Å². The molecule has 7 heteroatoms. The fourth-order valence-electron chi connectivity index (χ4n) is 1.75. The van der Waals surface area contributed by atoms with Crippen LogP contribution in [0.4, 0.5) is 19.0 Å². The minimum Gasteiger partial charge on any atom is -0.356 e. The molecule has 1 rings (SSSR count). The van der Waals surface area contributed by atoms with E-state index < -0.39 is 11.9 Å². The van der Waals surface area contributed by atoms with Crippen LogP contribution in [-0.2, 0) is 6.18 Å². The third-order valence-corrected chi connectivity index (χ3v) is 3.03. The van der Waals surface area contributed by atoms with Crippen molar-refractivity contribution in [1.82, 2.24) is 9.97 Å². The van der Waals surface area contributed by atoms with Gasteiger partial charge in [0.1, 0.15) is 5.82 Å². The summed E-state index contributed by atoms with van der Waals surface area (Å²) >= 11 is 5.62. The molecular weight excluding hydrogens is 291 g/mol. The molecule has 0 bridgehead atoms. The second kappa shape index (κ2) is 7.67. The summed E-state index contributed by atoms with van der Waals surface area (Å²) < 4.78 is 38.2. The Balaban J connectivity index is 3.02. The zero-order valence-corrected chi connectivity index (χ0v) is 12.4. The molecule has 0 spiro atoms. The van der Waals surface area contributed by atoms with E-state index in [0.29, 0.717) is 13.1 Å². The molecule has 0 atom stereocenters.